The second kappa shape index (κ2) is 4.32. The van der Waals surface area contributed by atoms with Gasteiger partial charge in [-0.3, -0.25) is 0 Å². The minimum atomic E-state index is -1.55. The van der Waals surface area contributed by atoms with Gasteiger partial charge in [0.25, 0.3) is 0 Å². The third kappa shape index (κ3) is 7.48. The first kappa shape index (κ1) is 9.48. The third-order valence-electron chi connectivity index (χ3n) is 0.428. The Balaban J connectivity index is 3.42. The molecule has 0 aliphatic rings. The Labute approximate surface area is 71.8 Å². The van der Waals surface area contributed by atoms with Crippen LogP contribution in [-0.2, 0) is 31.2 Å². The van der Waals surface area contributed by atoms with Crippen molar-refractivity contribution in [3.8, 4) is 0 Å². The summed E-state index contributed by atoms with van der Waals surface area (Å²) in [7, 11) is 0. The van der Waals surface area contributed by atoms with Gasteiger partial charge in [0.2, 0.25) is 0 Å². The fraction of sp³-hybridized carbons (Fsp3) is 1.00. The Morgan fingerprint density at radius 2 is 2.12 bits per heavy atom. The standard InChI is InChI=1S/C3H7IOS3/c1-2-3-5-8(4,6)7/h2-3H2,1H3. The molecule has 0 aliphatic carbocycles. The van der Waals surface area contributed by atoms with Gasteiger partial charge in [-0.15, -0.1) is 0 Å². The van der Waals surface area contributed by atoms with Crippen molar-refractivity contribution >= 4 is 48.2 Å². The monoisotopic (exact) mass is 282 g/mol. The van der Waals surface area contributed by atoms with E-state index in [-0.39, 0.29) is 0 Å². The van der Waals surface area contributed by atoms with Crippen LogP contribution >= 0.6 is 21.2 Å². The van der Waals surface area contributed by atoms with Crippen LogP contribution in [0.2, 0.25) is 0 Å². The summed E-state index contributed by atoms with van der Waals surface area (Å²) in [5.74, 6) is 0. The number of rotatable bonds is 3. The molecule has 0 rings (SSSR count). The molecule has 0 bridgehead atoms. The fourth-order valence-corrected chi connectivity index (χ4v) is 1.50. The maximum Gasteiger partial charge on any atom is 0.0742 e. The average Bonchev–Trinajstić information content (AvgIpc) is 1.59. The molecule has 8 heavy (non-hydrogen) atoms. The van der Waals surface area contributed by atoms with E-state index in [1.54, 1.807) is 0 Å². The van der Waals surface area contributed by atoms with E-state index >= 15 is 0 Å². The lowest BCUT2D eigenvalue weighted by Crippen LogP contribution is -1.93. The zero-order valence-corrected chi connectivity index (χ0v) is 9.03. The topological polar surface area (TPSA) is 9.23 Å². The molecule has 0 unspecified atom stereocenters. The van der Waals surface area contributed by atoms with Crippen LogP contribution in [0.25, 0.3) is 0 Å². The predicted octanol–water partition coefficient (Wildman–Crippen LogP) is 1.76. The Bertz CT molecular complexity index is 139. The van der Waals surface area contributed by atoms with Gasteiger partial charge in [-0.25, -0.2) is 0 Å². The van der Waals surface area contributed by atoms with Gasteiger partial charge in [0.1, 0.15) is 0 Å². The number of hydrogen-bond donors (Lipinski definition) is 0. The maximum absolute atomic E-state index is 5.08. The second-order valence-electron chi connectivity index (χ2n) is 1.22. The summed E-state index contributed by atoms with van der Waals surface area (Å²) in [6.45, 7) is 2.73. The van der Waals surface area contributed by atoms with Gasteiger partial charge in [0, 0.05) is 21.2 Å². The molecule has 0 aromatic carbocycles. The summed E-state index contributed by atoms with van der Waals surface area (Å²) in [5, 5.41) is 0. The summed E-state index contributed by atoms with van der Waals surface area (Å²) < 4.78 is 3.53. The molecule has 0 fully saturated rings. The predicted molar refractivity (Wildman–Crippen MR) is 52.4 cm³/mol. The highest BCUT2D eigenvalue weighted by molar-refractivity contribution is 14.2. The summed E-state index contributed by atoms with van der Waals surface area (Å²) in [6.07, 6.45) is 0.991. The van der Waals surface area contributed by atoms with Crippen LogP contribution in [0.3, 0.4) is 0 Å². The lowest BCUT2D eigenvalue weighted by atomic mass is 10.5. The van der Waals surface area contributed by atoms with Crippen molar-refractivity contribution in [1.82, 2.24) is 0 Å². The second-order valence-corrected chi connectivity index (χ2v) is 13.0. The molecule has 0 heterocycles. The number of hydrogen-bond acceptors (Lipinski definition) is 3. The molecule has 0 aliphatic heterocycles. The van der Waals surface area contributed by atoms with Gasteiger partial charge < -0.3 is 4.18 Å². The van der Waals surface area contributed by atoms with E-state index in [0.717, 1.165) is 6.42 Å². The molecule has 0 saturated heterocycles. The summed E-state index contributed by atoms with van der Waals surface area (Å²) >= 11 is 11.6. The molecule has 1 nitrogen and oxygen atoms in total. The quantitative estimate of drug-likeness (QED) is 0.576. The smallest absolute Gasteiger partial charge is 0.0742 e. The molecule has 0 spiro atoms. The Kier molecular flexibility index (Phi) is 5.12. The fourth-order valence-electron chi connectivity index (χ4n) is 0.183. The summed E-state index contributed by atoms with van der Waals surface area (Å²) in [5.41, 5.74) is 0. The van der Waals surface area contributed by atoms with E-state index in [9.17, 15) is 0 Å². The van der Waals surface area contributed by atoms with E-state index in [4.69, 9.17) is 26.6 Å². The van der Waals surface area contributed by atoms with Crippen LogP contribution in [0.4, 0.5) is 0 Å². The van der Waals surface area contributed by atoms with Crippen molar-refractivity contribution < 1.29 is 4.18 Å². The third-order valence-corrected chi connectivity index (χ3v) is 2.22. The largest absolute Gasteiger partial charge is 0.302 e. The van der Waals surface area contributed by atoms with Crippen LogP contribution in [0, 0.1) is 0 Å². The lowest BCUT2D eigenvalue weighted by molar-refractivity contribution is 0.375. The van der Waals surface area contributed by atoms with Crippen molar-refractivity contribution in [2.24, 2.45) is 0 Å². The highest BCUT2D eigenvalue weighted by Crippen LogP contribution is 2.04. The summed E-state index contributed by atoms with van der Waals surface area (Å²) in [4.78, 5) is 0. The van der Waals surface area contributed by atoms with E-state index in [1.165, 1.54) is 0 Å². The molecule has 0 radical (unpaired) electrons. The molecule has 0 atom stereocenters. The minimum absolute atomic E-state index is 0.700. The van der Waals surface area contributed by atoms with Crippen LogP contribution in [0.5, 0.6) is 0 Å². The summed E-state index contributed by atoms with van der Waals surface area (Å²) in [6, 6.07) is 0. The van der Waals surface area contributed by atoms with Gasteiger partial charge in [-0.2, -0.15) is 0 Å². The molecule has 0 aromatic rings. The Hall–Kier alpha value is 1.48. The molecule has 0 saturated carbocycles. The first-order chi connectivity index (χ1) is 3.56. The first-order valence-electron chi connectivity index (χ1n) is 2.15. The molecule has 0 N–H and O–H groups in total. The molecular formula is C3H7IOS3. The van der Waals surface area contributed by atoms with Crippen molar-refractivity contribution in [2.45, 2.75) is 13.3 Å². The van der Waals surface area contributed by atoms with Crippen molar-refractivity contribution in [3.63, 3.8) is 0 Å². The van der Waals surface area contributed by atoms with Crippen molar-refractivity contribution in [1.29, 1.82) is 0 Å². The van der Waals surface area contributed by atoms with Gasteiger partial charge in [0.05, 0.1) is 11.2 Å². The molecule has 5 heteroatoms. The van der Waals surface area contributed by atoms with Gasteiger partial charge >= 0.3 is 0 Å². The highest BCUT2D eigenvalue weighted by atomic mass is 127. The van der Waals surface area contributed by atoms with Crippen LogP contribution < -0.4 is 0 Å². The van der Waals surface area contributed by atoms with E-state index in [2.05, 4.69) is 0 Å². The zero-order chi connectivity index (χ0) is 6.62. The van der Waals surface area contributed by atoms with Gasteiger partial charge in [0.15, 0.2) is 0 Å². The molecule has 0 amide bonds. The SMILES string of the molecule is CCCOS(=S)(=S)I. The van der Waals surface area contributed by atoms with Gasteiger partial charge in [-0.05, 0) is 28.8 Å². The Morgan fingerprint density at radius 1 is 1.62 bits per heavy atom. The highest BCUT2D eigenvalue weighted by Gasteiger charge is 1.90. The molecular weight excluding hydrogens is 275 g/mol. The van der Waals surface area contributed by atoms with Crippen LogP contribution in [0.15, 0.2) is 0 Å². The zero-order valence-electron chi connectivity index (χ0n) is 4.43. The Morgan fingerprint density at radius 3 is 2.25 bits per heavy atom. The van der Waals surface area contributed by atoms with Gasteiger partial charge in [-0.1, -0.05) is 6.92 Å². The lowest BCUT2D eigenvalue weighted by Gasteiger charge is -1.98. The molecule has 0 aromatic heterocycles. The van der Waals surface area contributed by atoms with Crippen molar-refractivity contribution in [3.05, 3.63) is 0 Å². The van der Waals surface area contributed by atoms with Crippen LogP contribution in [0.1, 0.15) is 13.3 Å². The maximum atomic E-state index is 5.08. The first-order valence-corrected chi connectivity index (χ1v) is 8.10. The molecule has 50 valence electrons. The van der Waals surface area contributed by atoms with Crippen LogP contribution in [-0.4, -0.2) is 6.61 Å². The number of halogens is 1. The average molecular weight is 282 g/mol. The van der Waals surface area contributed by atoms with E-state index < -0.39 is 4.60 Å². The van der Waals surface area contributed by atoms with E-state index in [0.29, 0.717) is 6.61 Å². The normalized spacial score (nSPS) is 11.8. The van der Waals surface area contributed by atoms with E-state index in [1.807, 2.05) is 28.1 Å². The van der Waals surface area contributed by atoms with Crippen molar-refractivity contribution in [2.75, 3.05) is 6.61 Å². The minimum Gasteiger partial charge on any atom is -0.302 e.